The highest BCUT2D eigenvalue weighted by molar-refractivity contribution is 7.90. The molecule has 0 aliphatic carbocycles. The Labute approximate surface area is 135 Å². The van der Waals surface area contributed by atoms with Crippen LogP contribution >= 0.6 is 0 Å². The molecule has 1 aliphatic heterocycles. The van der Waals surface area contributed by atoms with Crippen LogP contribution in [0.4, 0.5) is 0 Å². The van der Waals surface area contributed by atoms with Crippen molar-refractivity contribution in [2.24, 2.45) is 10.9 Å². The van der Waals surface area contributed by atoms with Gasteiger partial charge >= 0.3 is 0 Å². The van der Waals surface area contributed by atoms with E-state index in [0.29, 0.717) is 12.5 Å². The number of guanidine groups is 1. The summed E-state index contributed by atoms with van der Waals surface area (Å²) >= 11 is 0. The third kappa shape index (κ3) is 9.25. The second-order valence-electron chi connectivity index (χ2n) is 6.20. The molecule has 1 heterocycles. The first-order chi connectivity index (χ1) is 10.4. The first-order valence-corrected chi connectivity index (χ1v) is 10.4. The molecule has 0 aromatic rings. The number of nitrogens with one attached hydrogen (secondary N) is 2. The summed E-state index contributed by atoms with van der Waals surface area (Å²) in [5.74, 6) is 1.70. The van der Waals surface area contributed by atoms with Gasteiger partial charge in [0.1, 0.15) is 9.84 Å². The lowest BCUT2D eigenvalue weighted by molar-refractivity contribution is 0.192. The Morgan fingerprint density at radius 1 is 1.27 bits per heavy atom. The molecular formula is C15H32N4O2S. The predicted molar refractivity (Wildman–Crippen MR) is 93.1 cm³/mol. The molecule has 1 saturated heterocycles. The molecule has 1 fully saturated rings. The zero-order valence-electron chi connectivity index (χ0n) is 14.3. The van der Waals surface area contributed by atoms with Gasteiger partial charge in [-0.25, -0.2) is 8.42 Å². The number of sulfone groups is 1. The van der Waals surface area contributed by atoms with Crippen molar-refractivity contribution in [3.05, 3.63) is 0 Å². The topological polar surface area (TPSA) is 73.8 Å². The number of likely N-dealkylation sites (tertiary alicyclic amines) is 1. The summed E-state index contributed by atoms with van der Waals surface area (Å²) in [5, 5.41) is 6.21. The second kappa shape index (κ2) is 10.0. The van der Waals surface area contributed by atoms with Crippen molar-refractivity contribution in [3.63, 3.8) is 0 Å². The molecule has 0 amide bonds. The van der Waals surface area contributed by atoms with Gasteiger partial charge in [-0.2, -0.15) is 0 Å². The van der Waals surface area contributed by atoms with Gasteiger partial charge in [0.2, 0.25) is 0 Å². The van der Waals surface area contributed by atoms with Crippen LogP contribution < -0.4 is 10.6 Å². The predicted octanol–water partition coefficient (Wildman–Crippen LogP) is 0.708. The number of rotatable bonds is 8. The van der Waals surface area contributed by atoms with Gasteiger partial charge in [0.15, 0.2) is 5.96 Å². The maximum atomic E-state index is 11.1. The molecule has 0 radical (unpaired) electrons. The summed E-state index contributed by atoms with van der Waals surface area (Å²) in [4.78, 5) is 7.02. The average Bonchev–Trinajstić information content (AvgIpc) is 2.44. The molecule has 130 valence electrons. The average molecular weight is 333 g/mol. The summed E-state index contributed by atoms with van der Waals surface area (Å²) in [6, 6.07) is 0. The summed E-state index contributed by atoms with van der Waals surface area (Å²) in [7, 11) is -2.93. The van der Waals surface area contributed by atoms with Gasteiger partial charge in [0, 0.05) is 25.9 Å². The van der Waals surface area contributed by atoms with Crippen LogP contribution in [0.2, 0.25) is 0 Å². The fourth-order valence-corrected chi connectivity index (χ4v) is 2.94. The molecule has 0 spiro atoms. The van der Waals surface area contributed by atoms with Gasteiger partial charge in [-0.05, 0) is 51.7 Å². The number of aliphatic imine (C=N–C) groups is 1. The Hall–Kier alpha value is -0.820. The SMILES string of the molecule is CCNC(=NCCCN1CCC(C)CC1)NCCS(C)(=O)=O. The van der Waals surface area contributed by atoms with E-state index in [1.807, 2.05) is 6.92 Å². The molecule has 0 saturated carbocycles. The van der Waals surface area contributed by atoms with Crippen molar-refractivity contribution in [2.75, 3.05) is 51.3 Å². The van der Waals surface area contributed by atoms with E-state index < -0.39 is 9.84 Å². The molecule has 0 atom stereocenters. The van der Waals surface area contributed by atoms with Crippen molar-refractivity contribution in [2.45, 2.75) is 33.1 Å². The Kier molecular flexibility index (Phi) is 8.78. The highest BCUT2D eigenvalue weighted by Crippen LogP contribution is 2.15. The van der Waals surface area contributed by atoms with Crippen LogP contribution in [0.3, 0.4) is 0 Å². The van der Waals surface area contributed by atoms with Crippen LogP contribution in [0.15, 0.2) is 4.99 Å². The van der Waals surface area contributed by atoms with Crippen molar-refractivity contribution in [1.29, 1.82) is 0 Å². The summed E-state index contributed by atoms with van der Waals surface area (Å²) in [6.45, 7) is 9.77. The van der Waals surface area contributed by atoms with Crippen LogP contribution in [0.5, 0.6) is 0 Å². The molecule has 0 bridgehead atoms. The molecule has 2 N–H and O–H groups in total. The van der Waals surface area contributed by atoms with Crippen molar-refractivity contribution in [1.82, 2.24) is 15.5 Å². The molecule has 0 aromatic heterocycles. The maximum Gasteiger partial charge on any atom is 0.191 e. The fraction of sp³-hybridized carbons (Fsp3) is 0.933. The van der Waals surface area contributed by atoms with E-state index >= 15 is 0 Å². The summed E-state index contributed by atoms with van der Waals surface area (Å²) < 4.78 is 22.2. The lowest BCUT2D eigenvalue weighted by Gasteiger charge is -2.29. The number of hydrogen-bond donors (Lipinski definition) is 2. The van der Waals surface area contributed by atoms with Crippen LogP contribution in [-0.2, 0) is 9.84 Å². The second-order valence-corrected chi connectivity index (χ2v) is 8.45. The van der Waals surface area contributed by atoms with Gasteiger partial charge < -0.3 is 15.5 Å². The zero-order chi connectivity index (χ0) is 16.4. The Balaban J connectivity index is 2.23. The van der Waals surface area contributed by atoms with Crippen molar-refractivity contribution in [3.8, 4) is 0 Å². The van der Waals surface area contributed by atoms with Crippen molar-refractivity contribution >= 4 is 15.8 Å². The third-order valence-electron chi connectivity index (χ3n) is 3.89. The first-order valence-electron chi connectivity index (χ1n) is 8.33. The van der Waals surface area contributed by atoms with E-state index in [1.165, 1.54) is 32.2 Å². The number of nitrogens with zero attached hydrogens (tertiary/aromatic N) is 2. The molecule has 1 rings (SSSR count). The quantitative estimate of drug-likeness (QED) is 0.389. The van der Waals surface area contributed by atoms with Crippen LogP contribution in [0.1, 0.15) is 33.1 Å². The van der Waals surface area contributed by atoms with Crippen molar-refractivity contribution < 1.29 is 8.42 Å². The highest BCUT2D eigenvalue weighted by atomic mass is 32.2. The minimum Gasteiger partial charge on any atom is -0.357 e. The standard InChI is InChI=1S/C15H32N4O2S/c1-4-16-15(18-9-13-22(3,20)21)17-8-5-10-19-11-6-14(2)7-12-19/h14H,4-13H2,1-3H3,(H2,16,17,18). The van der Waals surface area contributed by atoms with Crippen LogP contribution in [-0.4, -0.2) is 70.6 Å². The molecule has 0 aromatic carbocycles. The van der Waals surface area contributed by atoms with Crippen LogP contribution in [0, 0.1) is 5.92 Å². The van der Waals surface area contributed by atoms with Gasteiger partial charge in [-0.3, -0.25) is 4.99 Å². The Morgan fingerprint density at radius 2 is 1.95 bits per heavy atom. The summed E-state index contributed by atoms with van der Waals surface area (Å²) in [6.07, 6.45) is 4.90. The summed E-state index contributed by atoms with van der Waals surface area (Å²) in [5.41, 5.74) is 0. The molecule has 7 heteroatoms. The van der Waals surface area contributed by atoms with Gasteiger partial charge in [0.05, 0.1) is 5.75 Å². The lowest BCUT2D eigenvalue weighted by atomic mass is 9.99. The van der Waals surface area contributed by atoms with E-state index in [4.69, 9.17) is 0 Å². The van der Waals surface area contributed by atoms with E-state index in [1.54, 1.807) is 0 Å². The Bertz CT molecular complexity index is 429. The normalized spacial score (nSPS) is 18.4. The van der Waals surface area contributed by atoms with Gasteiger partial charge in [0.25, 0.3) is 0 Å². The first kappa shape index (κ1) is 19.2. The van der Waals surface area contributed by atoms with E-state index in [9.17, 15) is 8.42 Å². The van der Waals surface area contributed by atoms with Crippen LogP contribution in [0.25, 0.3) is 0 Å². The van der Waals surface area contributed by atoms with E-state index in [-0.39, 0.29) is 5.75 Å². The fourth-order valence-electron chi connectivity index (χ4n) is 2.47. The highest BCUT2D eigenvalue weighted by Gasteiger charge is 2.14. The molecular weight excluding hydrogens is 300 g/mol. The minimum absolute atomic E-state index is 0.128. The molecule has 22 heavy (non-hydrogen) atoms. The maximum absolute atomic E-state index is 11.1. The molecule has 1 aliphatic rings. The molecule has 6 nitrogen and oxygen atoms in total. The van der Waals surface area contributed by atoms with Gasteiger partial charge in [-0.15, -0.1) is 0 Å². The minimum atomic E-state index is -2.93. The third-order valence-corrected chi connectivity index (χ3v) is 4.83. The number of hydrogen-bond acceptors (Lipinski definition) is 4. The largest absolute Gasteiger partial charge is 0.357 e. The smallest absolute Gasteiger partial charge is 0.191 e. The van der Waals surface area contributed by atoms with Gasteiger partial charge in [-0.1, -0.05) is 6.92 Å². The number of piperidine rings is 1. The van der Waals surface area contributed by atoms with E-state index in [0.717, 1.165) is 32.0 Å². The Morgan fingerprint density at radius 3 is 2.55 bits per heavy atom. The monoisotopic (exact) mass is 332 g/mol. The lowest BCUT2D eigenvalue weighted by Crippen LogP contribution is -2.39. The molecule has 0 unspecified atom stereocenters. The van der Waals surface area contributed by atoms with E-state index in [2.05, 4.69) is 27.4 Å². The zero-order valence-corrected chi connectivity index (χ0v) is 15.1.